The van der Waals surface area contributed by atoms with Gasteiger partial charge in [-0.3, -0.25) is 4.79 Å². The van der Waals surface area contributed by atoms with Crippen molar-refractivity contribution in [3.05, 3.63) is 17.7 Å². The number of rotatable bonds is 5. The lowest BCUT2D eigenvalue weighted by molar-refractivity contribution is -0.143. The van der Waals surface area contributed by atoms with E-state index in [4.69, 9.17) is 10.8 Å². The van der Waals surface area contributed by atoms with Gasteiger partial charge in [0.2, 0.25) is 0 Å². The van der Waals surface area contributed by atoms with E-state index in [1.54, 1.807) is 13.8 Å². The Balaban J connectivity index is 3.01. The van der Waals surface area contributed by atoms with Gasteiger partial charge in [-0.2, -0.15) is 0 Å². The highest BCUT2D eigenvalue weighted by Gasteiger charge is 2.33. The van der Waals surface area contributed by atoms with Crippen molar-refractivity contribution in [2.45, 2.75) is 38.6 Å². The molecular weight excluding hydrogens is 262 g/mol. The molecule has 6 N–H and O–H groups in total. The van der Waals surface area contributed by atoms with Crippen molar-refractivity contribution in [3.8, 4) is 17.2 Å². The Morgan fingerprint density at radius 1 is 1.25 bits per heavy atom. The maximum atomic E-state index is 11.0. The van der Waals surface area contributed by atoms with Crippen LogP contribution in [-0.4, -0.2) is 31.9 Å². The number of hydrogen-bond donors (Lipinski definition) is 5. The molecule has 0 amide bonds. The molecule has 6 heteroatoms. The standard InChI is InChI=1S/C14H21NO5/c1-7(6-14(3,15)13(19)20)8(2)12-10(17)4-9(16)5-11(12)18/h4-5,7-8,16-18H,6,15H2,1-3H3,(H,19,20). The highest BCUT2D eigenvalue weighted by atomic mass is 16.4. The fourth-order valence-corrected chi connectivity index (χ4v) is 2.29. The number of aromatic hydroxyl groups is 3. The molecule has 3 atom stereocenters. The van der Waals surface area contributed by atoms with E-state index in [9.17, 15) is 20.1 Å². The van der Waals surface area contributed by atoms with Crippen LogP contribution in [0.15, 0.2) is 12.1 Å². The zero-order valence-corrected chi connectivity index (χ0v) is 11.8. The van der Waals surface area contributed by atoms with Crippen LogP contribution in [0.5, 0.6) is 17.2 Å². The molecular formula is C14H21NO5. The Hall–Kier alpha value is -1.95. The van der Waals surface area contributed by atoms with E-state index >= 15 is 0 Å². The molecule has 0 aromatic heterocycles. The Morgan fingerprint density at radius 3 is 2.10 bits per heavy atom. The van der Waals surface area contributed by atoms with Crippen molar-refractivity contribution in [1.29, 1.82) is 0 Å². The van der Waals surface area contributed by atoms with Gasteiger partial charge in [-0.1, -0.05) is 13.8 Å². The first kappa shape index (κ1) is 16.1. The average Bonchev–Trinajstić information content (AvgIpc) is 2.26. The third-order valence-corrected chi connectivity index (χ3v) is 3.66. The van der Waals surface area contributed by atoms with Crippen LogP contribution >= 0.6 is 0 Å². The highest BCUT2D eigenvalue weighted by Crippen LogP contribution is 2.41. The predicted octanol–water partition coefficient (Wildman–Crippen LogP) is 1.74. The number of phenolic OH excluding ortho intramolecular Hbond substituents is 3. The van der Waals surface area contributed by atoms with Crippen LogP contribution in [0.1, 0.15) is 38.7 Å². The normalized spacial score (nSPS) is 17.2. The van der Waals surface area contributed by atoms with Gasteiger partial charge in [0.15, 0.2) is 0 Å². The van der Waals surface area contributed by atoms with E-state index < -0.39 is 11.5 Å². The number of hydrogen-bond acceptors (Lipinski definition) is 5. The zero-order chi connectivity index (χ0) is 15.7. The summed E-state index contributed by atoms with van der Waals surface area (Å²) in [5.41, 5.74) is 4.61. The van der Waals surface area contributed by atoms with Gasteiger partial charge < -0.3 is 26.2 Å². The van der Waals surface area contributed by atoms with Crippen molar-refractivity contribution in [1.82, 2.24) is 0 Å². The van der Waals surface area contributed by atoms with Crippen LogP contribution in [0.4, 0.5) is 0 Å². The number of nitrogens with two attached hydrogens (primary N) is 1. The van der Waals surface area contributed by atoms with Gasteiger partial charge in [0.05, 0.1) is 0 Å². The van der Waals surface area contributed by atoms with Gasteiger partial charge >= 0.3 is 5.97 Å². The summed E-state index contributed by atoms with van der Waals surface area (Å²) >= 11 is 0. The second kappa shape index (κ2) is 5.58. The van der Waals surface area contributed by atoms with Gasteiger partial charge in [-0.15, -0.1) is 0 Å². The molecule has 0 aliphatic rings. The van der Waals surface area contributed by atoms with Crippen molar-refractivity contribution in [2.75, 3.05) is 0 Å². The summed E-state index contributed by atoms with van der Waals surface area (Å²) in [5.74, 6) is -2.31. The molecule has 0 aliphatic carbocycles. The van der Waals surface area contributed by atoms with Crippen LogP contribution in [-0.2, 0) is 4.79 Å². The SMILES string of the molecule is CC(CC(C)(N)C(=O)O)C(C)c1c(O)cc(O)cc1O. The molecule has 0 heterocycles. The van der Waals surface area contributed by atoms with Gasteiger partial charge in [-0.05, 0) is 25.2 Å². The number of aliphatic carboxylic acids is 1. The minimum atomic E-state index is -1.38. The van der Waals surface area contributed by atoms with E-state index in [1.165, 1.54) is 6.92 Å². The molecule has 1 rings (SSSR count). The fraction of sp³-hybridized carbons (Fsp3) is 0.500. The second-order valence-electron chi connectivity index (χ2n) is 5.59. The number of carboxylic acid groups (broad SMARTS) is 1. The number of carboxylic acids is 1. The number of benzene rings is 1. The first-order valence-electron chi connectivity index (χ1n) is 6.33. The Bertz CT molecular complexity index is 489. The number of phenols is 3. The monoisotopic (exact) mass is 283 g/mol. The first-order valence-corrected chi connectivity index (χ1v) is 6.33. The molecule has 0 fully saturated rings. The van der Waals surface area contributed by atoms with E-state index in [1.807, 2.05) is 0 Å². The molecule has 112 valence electrons. The molecule has 6 nitrogen and oxygen atoms in total. The van der Waals surface area contributed by atoms with Gasteiger partial charge in [0, 0.05) is 17.7 Å². The van der Waals surface area contributed by atoms with Crippen molar-refractivity contribution >= 4 is 5.97 Å². The van der Waals surface area contributed by atoms with Gasteiger partial charge in [0.25, 0.3) is 0 Å². The predicted molar refractivity (Wildman–Crippen MR) is 73.9 cm³/mol. The maximum Gasteiger partial charge on any atom is 0.323 e. The minimum Gasteiger partial charge on any atom is -0.508 e. The molecule has 0 saturated heterocycles. The molecule has 0 radical (unpaired) electrons. The third-order valence-electron chi connectivity index (χ3n) is 3.66. The van der Waals surface area contributed by atoms with E-state index in [0.29, 0.717) is 0 Å². The minimum absolute atomic E-state index is 0.184. The molecule has 1 aromatic rings. The Morgan fingerprint density at radius 2 is 1.70 bits per heavy atom. The summed E-state index contributed by atoms with van der Waals surface area (Å²) in [4.78, 5) is 11.0. The summed E-state index contributed by atoms with van der Waals surface area (Å²) in [6, 6.07) is 2.27. The maximum absolute atomic E-state index is 11.0. The third kappa shape index (κ3) is 3.33. The van der Waals surface area contributed by atoms with Crippen LogP contribution < -0.4 is 5.73 Å². The molecule has 0 bridgehead atoms. The van der Waals surface area contributed by atoms with Crippen molar-refractivity contribution in [2.24, 2.45) is 11.7 Å². The highest BCUT2D eigenvalue weighted by molar-refractivity contribution is 5.77. The number of carbonyl (C=O) groups is 1. The first-order chi connectivity index (χ1) is 9.06. The Kier molecular flexibility index (Phi) is 4.50. The summed E-state index contributed by atoms with van der Waals surface area (Å²) in [7, 11) is 0. The van der Waals surface area contributed by atoms with Crippen LogP contribution in [0.2, 0.25) is 0 Å². The van der Waals surface area contributed by atoms with Crippen molar-refractivity contribution < 1.29 is 25.2 Å². The molecule has 1 aromatic carbocycles. The molecule has 0 saturated carbocycles. The van der Waals surface area contributed by atoms with E-state index in [0.717, 1.165) is 12.1 Å². The molecule has 0 aliphatic heterocycles. The summed E-state index contributed by atoms with van der Waals surface area (Å²) in [5, 5.41) is 38.0. The molecule has 3 unspecified atom stereocenters. The second-order valence-corrected chi connectivity index (χ2v) is 5.59. The zero-order valence-electron chi connectivity index (χ0n) is 11.8. The topological polar surface area (TPSA) is 124 Å². The smallest absolute Gasteiger partial charge is 0.323 e. The lowest BCUT2D eigenvalue weighted by atomic mass is 9.80. The van der Waals surface area contributed by atoms with Crippen LogP contribution in [0, 0.1) is 5.92 Å². The largest absolute Gasteiger partial charge is 0.508 e. The lowest BCUT2D eigenvalue weighted by Crippen LogP contribution is -2.46. The van der Waals surface area contributed by atoms with Crippen molar-refractivity contribution in [3.63, 3.8) is 0 Å². The van der Waals surface area contributed by atoms with E-state index in [2.05, 4.69) is 0 Å². The van der Waals surface area contributed by atoms with Gasteiger partial charge in [0.1, 0.15) is 22.8 Å². The fourth-order valence-electron chi connectivity index (χ4n) is 2.29. The quantitative estimate of drug-likeness (QED) is 0.560. The Labute approximate surface area is 117 Å². The molecule has 0 spiro atoms. The summed E-state index contributed by atoms with van der Waals surface area (Å²) < 4.78 is 0. The van der Waals surface area contributed by atoms with Crippen LogP contribution in [0.3, 0.4) is 0 Å². The average molecular weight is 283 g/mol. The summed E-state index contributed by atoms with van der Waals surface area (Å²) in [6.07, 6.45) is 0.184. The lowest BCUT2D eigenvalue weighted by Gasteiger charge is -2.28. The molecule has 20 heavy (non-hydrogen) atoms. The van der Waals surface area contributed by atoms with Gasteiger partial charge in [-0.25, -0.2) is 0 Å². The van der Waals surface area contributed by atoms with E-state index in [-0.39, 0.29) is 41.1 Å². The van der Waals surface area contributed by atoms with Crippen LogP contribution in [0.25, 0.3) is 0 Å². The summed E-state index contributed by atoms with van der Waals surface area (Å²) in [6.45, 7) is 4.98.